The fraction of sp³-hybridized carbons (Fsp3) is 0.308. The molecule has 0 aliphatic carbocycles. The maximum Gasteiger partial charge on any atom is 0.409 e. The minimum atomic E-state index is -0.624. The summed E-state index contributed by atoms with van der Waals surface area (Å²) >= 11 is 0. The Morgan fingerprint density at radius 2 is 1.61 bits per heavy atom. The van der Waals surface area contributed by atoms with Gasteiger partial charge in [-0.3, -0.25) is 14.2 Å². The molecule has 0 unspecified atom stereocenters. The van der Waals surface area contributed by atoms with Gasteiger partial charge in [0.15, 0.2) is 0 Å². The van der Waals surface area contributed by atoms with Gasteiger partial charge in [0.1, 0.15) is 17.6 Å². The van der Waals surface area contributed by atoms with Crippen LogP contribution in [0.25, 0.3) is 27.8 Å². The molecule has 10 heteroatoms. The number of fused-ring (bicyclic) bond motifs is 3. The second-order valence-electron chi connectivity index (χ2n) is 8.69. The molecule has 0 saturated carbocycles. The Morgan fingerprint density at radius 3 is 2.31 bits per heavy atom. The van der Waals surface area contributed by atoms with Crippen LogP contribution in [0.5, 0.6) is 0 Å². The predicted octanol–water partition coefficient (Wildman–Crippen LogP) is 2.51. The topological polar surface area (TPSA) is 107 Å². The van der Waals surface area contributed by atoms with Gasteiger partial charge in [0.05, 0.1) is 12.3 Å². The molecule has 0 radical (unpaired) electrons. The normalized spacial score (nSPS) is 13.9. The molecular weight excluding hydrogens is 464 g/mol. The van der Waals surface area contributed by atoms with E-state index in [1.807, 2.05) is 19.1 Å². The van der Waals surface area contributed by atoms with Crippen molar-refractivity contribution in [3.8, 4) is 5.69 Å². The van der Waals surface area contributed by atoms with Crippen LogP contribution in [-0.2, 0) is 16.1 Å². The number of carbonyl (C=O) groups excluding carboxylic acids is 2. The van der Waals surface area contributed by atoms with Gasteiger partial charge in [0.25, 0.3) is 0 Å². The molecule has 1 saturated heterocycles. The number of carbonyl (C=O) groups is 2. The number of furan rings is 1. The molecule has 1 fully saturated rings. The van der Waals surface area contributed by atoms with E-state index in [0.717, 1.165) is 10.1 Å². The predicted molar refractivity (Wildman–Crippen MR) is 133 cm³/mol. The highest BCUT2D eigenvalue weighted by Gasteiger charge is 2.27. The van der Waals surface area contributed by atoms with Gasteiger partial charge in [0.2, 0.25) is 11.5 Å². The number of para-hydroxylation sites is 1. The molecule has 1 aliphatic heterocycles. The van der Waals surface area contributed by atoms with Gasteiger partial charge < -0.3 is 19.0 Å². The Labute approximate surface area is 205 Å². The van der Waals surface area contributed by atoms with Crippen LogP contribution < -0.4 is 11.2 Å². The van der Waals surface area contributed by atoms with E-state index in [9.17, 15) is 19.2 Å². The Bertz CT molecular complexity index is 1570. The largest absolute Gasteiger partial charge is 0.450 e. The zero-order chi connectivity index (χ0) is 25.4. The smallest absolute Gasteiger partial charge is 0.409 e. The first-order valence-corrected chi connectivity index (χ1v) is 11.8. The van der Waals surface area contributed by atoms with Crippen molar-refractivity contribution in [3.05, 3.63) is 74.9 Å². The molecule has 4 aromatic rings. The molecular formula is C26H26N4O6. The highest BCUT2D eigenvalue weighted by molar-refractivity contribution is 6.02. The highest BCUT2D eigenvalue weighted by atomic mass is 16.6. The number of piperazine rings is 1. The number of aryl methyl sites for hydroxylation is 1. The number of amides is 2. The third-order valence-electron chi connectivity index (χ3n) is 6.40. The van der Waals surface area contributed by atoms with Crippen molar-refractivity contribution in [1.29, 1.82) is 0 Å². The van der Waals surface area contributed by atoms with Crippen LogP contribution in [0.3, 0.4) is 0 Å². The second kappa shape index (κ2) is 9.37. The van der Waals surface area contributed by atoms with Crippen molar-refractivity contribution >= 4 is 34.1 Å². The zero-order valence-electron chi connectivity index (χ0n) is 20.1. The number of ether oxygens (including phenoxy) is 1. The maximum atomic E-state index is 13.7. The van der Waals surface area contributed by atoms with E-state index < -0.39 is 17.3 Å². The highest BCUT2D eigenvalue weighted by Crippen LogP contribution is 2.26. The van der Waals surface area contributed by atoms with Gasteiger partial charge in [-0.25, -0.2) is 14.2 Å². The summed E-state index contributed by atoms with van der Waals surface area (Å²) in [6.07, 6.45) is -0.405. The number of hydrogen-bond acceptors (Lipinski definition) is 6. The zero-order valence-corrected chi connectivity index (χ0v) is 20.1. The number of nitrogens with zero attached hydrogens (tertiary/aromatic N) is 4. The summed E-state index contributed by atoms with van der Waals surface area (Å²) in [6.45, 7) is 4.98. The molecule has 0 atom stereocenters. The van der Waals surface area contributed by atoms with Crippen molar-refractivity contribution < 1.29 is 18.7 Å². The molecule has 0 N–H and O–H groups in total. The van der Waals surface area contributed by atoms with E-state index in [4.69, 9.17) is 9.15 Å². The van der Waals surface area contributed by atoms with Crippen LogP contribution in [0.1, 0.15) is 12.5 Å². The maximum absolute atomic E-state index is 13.7. The minimum absolute atomic E-state index is 0.0105. The van der Waals surface area contributed by atoms with Gasteiger partial charge in [-0.05, 0) is 38.1 Å². The Morgan fingerprint density at radius 1 is 0.944 bits per heavy atom. The molecule has 2 amide bonds. The van der Waals surface area contributed by atoms with Crippen molar-refractivity contribution in [1.82, 2.24) is 18.9 Å². The summed E-state index contributed by atoms with van der Waals surface area (Å²) in [5.74, 6) is -0.290. The SMILES string of the molecule is CCOC(=O)N1CCN(C(=O)Cn2c(=O)n(-c3ccc(C)cc3)c(=O)c3oc4ccccc4c32)CC1. The van der Waals surface area contributed by atoms with E-state index in [-0.39, 0.29) is 24.6 Å². The molecule has 0 bridgehead atoms. The lowest BCUT2D eigenvalue weighted by molar-refractivity contribution is -0.133. The first kappa shape index (κ1) is 23.4. The average Bonchev–Trinajstić information content (AvgIpc) is 3.28. The summed E-state index contributed by atoms with van der Waals surface area (Å²) in [7, 11) is 0. The molecule has 5 rings (SSSR count). The fourth-order valence-corrected chi connectivity index (χ4v) is 4.51. The second-order valence-corrected chi connectivity index (χ2v) is 8.69. The van der Waals surface area contributed by atoms with Crippen molar-refractivity contribution in [2.75, 3.05) is 32.8 Å². The van der Waals surface area contributed by atoms with Crippen molar-refractivity contribution in [2.45, 2.75) is 20.4 Å². The quantitative estimate of drug-likeness (QED) is 0.435. The van der Waals surface area contributed by atoms with Crippen LogP contribution in [0.2, 0.25) is 0 Å². The standard InChI is InChI=1S/C26H26N4O6/c1-3-35-26(34)28-14-12-27(13-15-28)21(31)16-29-22-19-6-4-5-7-20(19)36-23(22)24(32)30(25(29)33)18-10-8-17(2)9-11-18/h4-11H,3,12-16H2,1-2H3. The Kier molecular flexibility index (Phi) is 6.09. The molecule has 10 nitrogen and oxygen atoms in total. The fourth-order valence-electron chi connectivity index (χ4n) is 4.51. The lowest BCUT2D eigenvalue weighted by Gasteiger charge is -2.34. The molecule has 1 aliphatic rings. The number of aromatic nitrogens is 2. The molecule has 36 heavy (non-hydrogen) atoms. The van der Waals surface area contributed by atoms with Crippen LogP contribution >= 0.6 is 0 Å². The monoisotopic (exact) mass is 490 g/mol. The summed E-state index contributed by atoms with van der Waals surface area (Å²) < 4.78 is 13.3. The van der Waals surface area contributed by atoms with Gasteiger partial charge in [-0.15, -0.1) is 0 Å². The number of benzene rings is 2. The van der Waals surface area contributed by atoms with Crippen LogP contribution in [-0.4, -0.2) is 63.7 Å². The van der Waals surface area contributed by atoms with Gasteiger partial charge in [-0.1, -0.05) is 29.8 Å². The average molecular weight is 491 g/mol. The molecule has 0 spiro atoms. The van der Waals surface area contributed by atoms with Crippen molar-refractivity contribution in [3.63, 3.8) is 0 Å². The van der Waals surface area contributed by atoms with E-state index in [1.165, 1.54) is 4.57 Å². The molecule has 2 aromatic heterocycles. The first-order chi connectivity index (χ1) is 17.4. The summed E-state index contributed by atoms with van der Waals surface area (Å²) in [4.78, 5) is 55.6. The Balaban J connectivity index is 1.56. The third-order valence-corrected chi connectivity index (χ3v) is 6.40. The van der Waals surface area contributed by atoms with E-state index in [2.05, 4.69) is 0 Å². The van der Waals surface area contributed by atoms with E-state index in [1.54, 1.807) is 53.1 Å². The summed E-state index contributed by atoms with van der Waals surface area (Å²) in [6, 6.07) is 14.0. The number of hydrogen-bond donors (Lipinski definition) is 0. The van der Waals surface area contributed by atoms with Crippen LogP contribution in [0.4, 0.5) is 4.79 Å². The van der Waals surface area contributed by atoms with Crippen LogP contribution in [0.15, 0.2) is 62.5 Å². The minimum Gasteiger partial charge on any atom is -0.450 e. The third kappa shape index (κ3) is 4.04. The molecule has 186 valence electrons. The summed E-state index contributed by atoms with van der Waals surface area (Å²) in [5.41, 5.74) is 0.924. The molecule has 2 aromatic carbocycles. The summed E-state index contributed by atoms with van der Waals surface area (Å²) in [5, 5.41) is 0.581. The van der Waals surface area contributed by atoms with Crippen molar-refractivity contribution in [2.24, 2.45) is 0 Å². The lowest BCUT2D eigenvalue weighted by atomic mass is 10.2. The van der Waals surface area contributed by atoms with Gasteiger partial charge >= 0.3 is 17.3 Å². The van der Waals surface area contributed by atoms with E-state index >= 15 is 0 Å². The van der Waals surface area contributed by atoms with Gasteiger partial charge in [0, 0.05) is 31.6 Å². The number of rotatable bonds is 4. The first-order valence-electron chi connectivity index (χ1n) is 11.8. The Hall–Kier alpha value is -4.34. The lowest BCUT2D eigenvalue weighted by Crippen LogP contribution is -2.52. The van der Waals surface area contributed by atoms with E-state index in [0.29, 0.717) is 48.4 Å². The van der Waals surface area contributed by atoms with Gasteiger partial charge in [-0.2, -0.15) is 0 Å². The molecule has 3 heterocycles. The van der Waals surface area contributed by atoms with Crippen LogP contribution in [0, 0.1) is 6.92 Å².